The fourth-order valence-corrected chi connectivity index (χ4v) is 4.40. The third-order valence-corrected chi connectivity index (χ3v) is 5.90. The highest BCUT2D eigenvalue weighted by Gasteiger charge is 2.43. The van der Waals surface area contributed by atoms with Crippen molar-refractivity contribution in [1.29, 1.82) is 0 Å². The van der Waals surface area contributed by atoms with Gasteiger partial charge in [-0.2, -0.15) is 0 Å². The molecule has 2 saturated carbocycles. The summed E-state index contributed by atoms with van der Waals surface area (Å²) in [6.45, 7) is 0. The first-order valence-corrected chi connectivity index (χ1v) is 9.15. The average molecular weight is 280 g/mol. The van der Waals surface area contributed by atoms with E-state index in [1.807, 2.05) is 0 Å². The van der Waals surface area contributed by atoms with E-state index in [1.54, 1.807) is 0 Å². The smallest absolute Gasteiger partial charge is 0.0844 e. The van der Waals surface area contributed by atoms with Gasteiger partial charge < -0.3 is 9.84 Å². The maximum Gasteiger partial charge on any atom is 0.0844 e. The number of rotatable bonds is 7. The molecule has 3 rings (SSSR count). The van der Waals surface area contributed by atoms with E-state index in [0.717, 1.165) is 24.7 Å². The normalized spacial score (nSPS) is 40.4. The minimum Gasteiger partial charge on any atom is -0.393 e. The molecule has 0 radical (unpaired) electrons. The van der Waals surface area contributed by atoms with Crippen LogP contribution in [0.5, 0.6) is 0 Å². The number of epoxide rings is 1. The Hall–Kier alpha value is -0.0800. The zero-order valence-corrected chi connectivity index (χ0v) is 12.9. The molecule has 2 aliphatic carbocycles. The summed E-state index contributed by atoms with van der Waals surface area (Å²) >= 11 is 0. The summed E-state index contributed by atoms with van der Waals surface area (Å²) in [6, 6.07) is 0. The van der Waals surface area contributed by atoms with Gasteiger partial charge in [0.25, 0.3) is 0 Å². The quantitative estimate of drug-likeness (QED) is 0.552. The third-order valence-electron chi connectivity index (χ3n) is 5.90. The van der Waals surface area contributed by atoms with Gasteiger partial charge in [-0.15, -0.1) is 0 Å². The Morgan fingerprint density at radius 1 is 0.700 bits per heavy atom. The zero-order chi connectivity index (χ0) is 13.8. The molecule has 2 heteroatoms. The molecule has 116 valence electrons. The lowest BCUT2D eigenvalue weighted by Crippen LogP contribution is -2.18. The van der Waals surface area contributed by atoms with Crippen molar-refractivity contribution in [3.8, 4) is 0 Å². The second-order valence-corrected chi connectivity index (χ2v) is 7.56. The van der Waals surface area contributed by atoms with E-state index in [-0.39, 0.29) is 6.10 Å². The highest BCUT2D eigenvalue weighted by Crippen LogP contribution is 2.41. The van der Waals surface area contributed by atoms with Crippen LogP contribution >= 0.6 is 0 Å². The molecule has 1 saturated heterocycles. The molecular weight excluding hydrogens is 248 g/mol. The van der Waals surface area contributed by atoms with Crippen LogP contribution in [-0.2, 0) is 4.74 Å². The van der Waals surface area contributed by atoms with Gasteiger partial charge in [-0.1, -0.05) is 38.5 Å². The zero-order valence-electron chi connectivity index (χ0n) is 12.9. The lowest BCUT2D eigenvalue weighted by molar-refractivity contribution is 0.106. The molecule has 1 N–H and O–H groups in total. The van der Waals surface area contributed by atoms with Gasteiger partial charge in [0.2, 0.25) is 0 Å². The van der Waals surface area contributed by atoms with Gasteiger partial charge in [0.05, 0.1) is 18.3 Å². The Bertz CT molecular complexity index is 283. The lowest BCUT2D eigenvalue weighted by atomic mass is 9.83. The van der Waals surface area contributed by atoms with Crippen LogP contribution in [-0.4, -0.2) is 23.4 Å². The number of aliphatic hydroxyl groups is 1. The molecule has 3 fully saturated rings. The van der Waals surface area contributed by atoms with Crippen molar-refractivity contribution in [1.82, 2.24) is 0 Å². The third kappa shape index (κ3) is 4.46. The molecule has 0 spiro atoms. The number of hydrogen-bond acceptors (Lipinski definition) is 2. The second-order valence-electron chi connectivity index (χ2n) is 7.56. The van der Waals surface area contributed by atoms with Gasteiger partial charge in [-0.05, 0) is 56.8 Å². The van der Waals surface area contributed by atoms with Gasteiger partial charge in [-0.25, -0.2) is 0 Å². The predicted octanol–water partition coefficient (Wildman–Crippen LogP) is 4.45. The molecule has 2 nitrogen and oxygen atoms in total. The van der Waals surface area contributed by atoms with Crippen LogP contribution in [0.25, 0.3) is 0 Å². The number of ether oxygens (including phenoxy) is 1. The van der Waals surface area contributed by atoms with Crippen molar-refractivity contribution in [3.63, 3.8) is 0 Å². The first-order chi connectivity index (χ1) is 9.81. The highest BCUT2D eigenvalue weighted by atomic mass is 16.6. The Kier molecular flexibility index (Phi) is 5.39. The summed E-state index contributed by atoms with van der Waals surface area (Å²) in [6.07, 6.45) is 18.7. The van der Waals surface area contributed by atoms with E-state index in [1.165, 1.54) is 70.6 Å². The standard InChI is InChI=1S/C18H32O2/c19-16-10-7-14(8-11-16)5-3-1-2-4-6-15-9-12-17-18(13-15)20-17/h14-19H,1-13H2. The predicted molar refractivity (Wildman–Crippen MR) is 81.7 cm³/mol. The largest absolute Gasteiger partial charge is 0.393 e. The minimum atomic E-state index is 0.0109. The molecule has 20 heavy (non-hydrogen) atoms. The van der Waals surface area contributed by atoms with E-state index in [9.17, 15) is 5.11 Å². The molecule has 3 aliphatic rings. The Labute approximate surface area is 124 Å². The van der Waals surface area contributed by atoms with Crippen molar-refractivity contribution in [2.75, 3.05) is 0 Å². The van der Waals surface area contributed by atoms with E-state index >= 15 is 0 Å². The van der Waals surface area contributed by atoms with E-state index in [2.05, 4.69) is 0 Å². The molecule has 3 unspecified atom stereocenters. The fourth-order valence-electron chi connectivity index (χ4n) is 4.40. The molecule has 3 atom stereocenters. The lowest BCUT2D eigenvalue weighted by Gasteiger charge is -2.25. The Balaban J connectivity index is 1.16. The molecule has 0 bridgehead atoms. The summed E-state index contributed by atoms with van der Waals surface area (Å²) < 4.78 is 5.61. The van der Waals surface area contributed by atoms with Gasteiger partial charge in [0.1, 0.15) is 0 Å². The molecule has 0 aromatic heterocycles. The van der Waals surface area contributed by atoms with Gasteiger partial charge in [0, 0.05) is 0 Å². The highest BCUT2D eigenvalue weighted by molar-refractivity contribution is 4.91. The van der Waals surface area contributed by atoms with Crippen LogP contribution in [0.3, 0.4) is 0 Å². The topological polar surface area (TPSA) is 32.8 Å². The number of unbranched alkanes of at least 4 members (excludes halogenated alkanes) is 3. The van der Waals surface area contributed by atoms with Crippen LogP contribution in [0.1, 0.15) is 83.5 Å². The minimum absolute atomic E-state index is 0.0109. The van der Waals surface area contributed by atoms with Crippen LogP contribution in [0, 0.1) is 11.8 Å². The summed E-state index contributed by atoms with van der Waals surface area (Å²) in [4.78, 5) is 0. The van der Waals surface area contributed by atoms with E-state index < -0.39 is 0 Å². The molecule has 1 heterocycles. The van der Waals surface area contributed by atoms with E-state index in [0.29, 0.717) is 12.2 Å². The van der Waals surface area contributed by atoms with Crippen LogP contribution in [0.4, 0.5) is 0 Å². The van der Waals surface area contributed by atoms with E-state index in [4.69, 9.17) is 4.74 Å². The molecule has 1 aliphatic heterocycles. The first kappa shape index (κ1) is 14.8. The van der Waals surface area contributed by atoms with Gasteiger partial charge in [0.15, 0.2) is 0 Å². The summed E-state index contributed by atoms with van der Waals surface area (Å²) in [5.41, 5.74) is 0. The summed E-state index contributed by atoms with van der Waals surface area (Å²) in [5, 5.41) is 9.51. The Morgan fingerprint density at radius 3 is 2.05 bits per heavy atom. The summed E-state index contributed by atoms with van der Waals surface area (Å²) in [5.74, 6) is 1.89. The van der Waals surface area contributed by atoms with Crippen LogP contribution in [0.15, 0.2) is 0 Å². The second kappa shape index (κ2) is 7.26. The molecular formula is C18H32O2. The van der Waals surface area contributed by atoms with Crippen LogP contribution in [0.2, 0.25) is 0 Å². The van der Waals surface area contributed by atoms with Crippen molar-refractivity contribution < 1.29 is 9.84 Å². The average Bonchev–Trinajstić information content (AvgIpc) is 3.23. The molecule has 0 amide bonds. The number of fused-ring (bicyclic) bond motifs is 1. The van der Waals surface area contributed by atoms with Crippen molar-refractivity contribution >= 4 is 0 Å². The van der Waals surface area contributed by atoms with Gasteiger partial charge >= 0.3 is 0 Å². The maximum absolute atomic E-state index is 9.51. The van der Waals surface area contributed by atoms with Crippen molar-refractivity contribution in [3.05, 3.63) is 0 Å². The summed E-state index contributed by atoms with van der Waals surface area (Å²) in [7, 11) is 0. The van der Waals surface area contributed by atoms with Crippen molar-refractivity contribution in [2.45, 2.75) is 102 Å². The monoisotopic (exact) mass is 280 g/mol. The van der Waals surface area contributed by atoms with Crippen molar-refractivity contribution in [2.24, 2.45) is 11.8 Å². The SMILES string of the molecule is OC1CCC(CCCCCCC2CCC3OC3C2)CC1. The number of aliphatic hydroxyl groups excluding tert-OH is 1. The number of hydrogen-bond donors (Lipinski definition) is 1. The Morgan fingerprint density at radius 2 is 1.35 bits per heavy atom. The fraction of sp³-hybridized carbons (Fsp3) is 1.00. The van der Waals surface area contributed by atoms with Gasteiger partial charge in [-0.3, -0.25) is 0 Å². The first-order valence-electron chi connectivity index (χ1n) is 9.15. The van der Waals surface area contributed by atoms with Crippen LogP contribution < -0.4 is 0 Å². The molecule has 0 aromatic rings. The maximum atomic E-state index is 9.51. The molecule has 0 aromatic carbocycles.